The molecule has 0 amide bonds. The van der Waals surface area contributed by atoms with Gasteiger partial charge in [-0.25, -0.2) is 4.98 Å². The number of thiazole rings is 1. The highest BCUT2D eigenvalue weighted by Gasteiger charge is 2.13. The first-order chi connectivity index (χ1) is 8.81. The van der Waals surface area contributed by atoms with Crippen molar-refractivity contribution in [2.45, 2.75) is 32.2 Å². The van der Waals surface area contributed by atoms with Gasteiger partial charge in [-0.15, -0.1) is 11.3 Å². The zero-order chi connectivity index (χ0) is 12.8. The number of hydrogen-bond donors (Lipinski definition) is 1. The third-order valence-corrected chi connectivity index (χ3v) is 3.90. The molecule has 0 bridgehead atoms. The zero-order valence-electron chi connectivity index (χ0n) is 11.0. The van der Waals surface area contributed by atoms with Crippen molar-refractivity contribution in [3.8, 4) is 0 Å². The quantitative estimate of drug-likeness (QED) is 0.835. The maximum absolute atomic E-state index is 4.37. The summed E-state index contributed by atoms with van der Waals surface area (Å²) in [5.74, 6) is 1.14. The van der Waals surface area contributed by atoms with Crippen molar-refractivity contribution in [1.82, 2.24) is 19.9 Å². The molecule has 2 aromatic rings. The standard InChI is InChI=1S/C13H20N4S/c1-3-6-15-11(12-9-14-10-18-12)4-5-13-16-7-8-17(13)2/h7-11,15H,3-6H2,1-2H3. The van der Waals surface area contributed by atoms with E-state index in [1.54, 1.807) is 11.3 Å². The van der Waals surface area contributed by atoms with Gasteiger partial charge in [-0.05, 0) is 19.4 Å². The lowest BCUT2D eigenvalue weighted by molar-refractivity contribution is 0.497. The van der Waals surface area contributed by atoms with Gasteiger partial charge in [0.15, 0.2) is 0 Å². The van der Waals surface area contributed by atoms with Crippen molar-refractivity contribution >= 4 is 11.3 Å². The second-order valence-electron chi connectivity index (χ2n) is 4.40. The summed E-state index contributed by atoms with van der Waals surface area (Å²) in [6.45, 7) is 3.23. The van der Waals surface area contributed by atoms with Gasteiger partial charge in [0.2, 0.25) is 0 Å². The van der Waals surface area contributed by atoms with Gasteiger partial charge in [-0.2, -0.15) is 0 Å². The van der Waals surface area contributed by atoms with E-state index < -0.39 is 0 Å². The molecule has 0 saturated carbocycles. The van der Waals surface area contributed by atoms with Crippen LogP contribution in [0.4, 0.5) is 0 Å². The summed E-state index contributed by atoms with van der Waals surface area (Å²) in [5, 5.41) is 3.59. The first-order valence-corrected chi connectivity index (χ1v) is 7.27. The monoisotopic (exact) mass is 264 g/mol. The summed E-state index contributed by atoms with van der Waals surface area (Å²) < 4.78 is 2.09. The van der Waals surface area contributed by atoms with E-state index in [1.165, 1.54) is 4.88 Å². The number of nitrogens with one attached hydrogen (secondary N) is 1. The van der Waals surface area contributed by atoms with Gasteiger partial charge in [-0.1, -0.05) is 6.92 Å². The molecule has 1 N–H and O–H groups in total. The van der Waals surface area contributed by atoms with Crippen LogP contribution in [0, 0.1) is 0 Å². The Balaban J connectivity index is 1.95. The average molecular weight is 264 g/mol. The topological polar surface area (TPSA) is 42.7 Å². The Morgan fingerprint density at radius 2 is 2.39 bits per heavy atom. The van der Waals surface area contributed by atoms with Gasteiger partial charge in [-0.3, -0.25) is 4.98 Å². The molecule has 18 heavy (non-hydrogen) atoms. The molecule has 0 aromatic carbocycles. The summed E-state index contributed by atoms with van der Waals surface area (Å²) in [6.07, 6.45) is 9.02. The van der Waals surface area contributed by atoms with Crippen molar-refractivity contribution in [2.24, 2.45) is 7.05 Å². The Morgan fingerprint density at radius 1 is 1.50 bits per heavy atom. The minimum absolute atomic E-state index is 0.397. The van der Waals surface area contributed by atoms with E-state index in [4.69, 9.17) is 0 Å². The predicted molar refractivity (Wildman–Crippen MR) is 74.7 cm³/mol. The molecule has 4 nitrogen and oxygen atoms in total. The first-order valence-electron chi connectivity index (χ1n) is 6.39. The largest absolute Gasteiger partial charge is 0.338 e. The molecular formula is C13H20N4S. The lowest BCUT2D eigenvalue weighted by Gasteiger charge is -2.16. The highest BCUT2D eigenvalue weighted by Crippen LogP contribution is 2.22. The molecule has 0 aliphatic carbocycles. The van der Waals surface area contributed by atoms with E-state index in [1.807, 2.05) is 31.1 Å². The molecular weight excluding hydrogens is 244 g/mol. The van der Waals surface area contributed by atoms with E-state index in [-0.39, 0.29) is 0 Å². The Hall–Kier alpha value is -1.20. The van der Waals surface area contributed by atoms with E-state index in [9.17, 15) is 0 Å². The van der Waals surface area contributed by atoms with Crippen LogP contribution in [0.5, 0.6) is 0 Å². The highest BCUT2D eigenvalue weighted by atomic mass is 32.1. The van der Waals surface area contributed by atoms with Crippen LogP contribution in [0.1, 0.15) is 36.5 Å². The predicted octanol–water partition coefficient (Wildman–Crippen LogP) is 2.55. The van der Waals surface area contributed by atoms with Crippen molar-refractivity contribution < 1.29 is 0 Å². The van der Waals surface area contributed by atoms with Crippen LogP contribution in [-0.4, -0.2) is 21.1 Å². The van der Waals surface area contributed by atoms with Gasteiger partial charge in [0, 0.05) is 43.0 Å². The van der Waals surface area contributed by atoms with Gasteiger partial charge < -0.3 is 9.88 Å². The second-order valence-corrected chi connectivity index (χ2v) is 5.32. The van der Waals surface area contributed by atoms with Gasteiger partial charge in [0.05, 0.1) is 5.51 Å². The molecule has 0 radical (unpaired) electrons. The Morgan fingerprint density at radius 3 is 3.00 bits per heavy atom. The third kappa shape index (κ3) is 3.40. The summed E-state index contributed by atoms with van der Waals surface area (Å²) in [7, 11) is 2.05. The molecule has 0 fully saturated rings. The van der Waals surface area contributed by atoms with Crippen molar-refractivity contribution in [2.75, 3.05) is 6.54 Å². The highest BCUT2D eigenvalue weighted by molar-refractivity contribution is 7.09. The van der Waals surface area contributed by atoms with E-state index >= 15 is 0 Å². The average Bonchev–Trinajstić information content (AvgIpc) is 3.01. The van der Waals surface area contributed by atoms with E-state index in [0.29, 0.717) is 6.04 Å². The minimum Gasteiger partial charge on any atom is -0.338 e. The van der Waals surface area contributed by atoms with Gasteiger partial charge in [0.1, 0.15) is 5.82 Å². The Bertz CT molecular complexity index is 449. The summed E-state index contributed by atoms with van der Waals surface area (Å²) in [5.41, 5.74) is 1.90. The Kier molecular flexibility index (Phi) is 4.90. The summed E-state index contributed by atoms with van der Waals surface area (Å²) in [4.78, 5) is 9.86. The summed E-state index contributed by atoms with van der Waals surface area (Å²) in [6, 6.07) is 0.397. The molecule has 2 heterocycles. The van der Waals surface area contributed by atoms with Crippen molar-refractivity contribution in [3.63, 3.8) is 0 Å². The number of hydrogen-bond acceptors (Lipinski definition) is 4. The van der Waals surface area contributed by atoms with Crippen LogP contribution < -0.4 is 5.32 Å². The lowest BCUT2D eigenvalue weighted by atomic mass is 10.1. The smallest absolute Gasteiger partial charge is 0.108 e. The molecule has 1 atom stereocenters. The molecule has 2 aromatic heterocycles. The fourth-order valence-corrected chi connectivity index (χ4v) is 2.70. The molecule has 98 valence electrons. The number of aryl methyl sites for hydroxylation is 2. The van der Waals surface area contributed by atoms with Gasteiger partial charge >= 0.3 is 0 Å². The van der Waals surface area contributed by atoms with E-state index in [0.717, 1.165) is 31.6 Å². The zero-order valence-corrected chi connectivity index (χ0v) is 11.8. The minimum atomic E-state index is 0.397. The SMILES string of the molecule is CCCNC(CCc1nccn1C)c1cncs1. The van der Waals surface area contributed by atoms with E-state index in [2.05, 4.69) is 26.8 Å². The molecule has 0 aliphatic heterocycles. The fourth-order valence-electron chi connectivity index (χ4n) is 1.97. The van der Waals surface area contributed by atoms with Crippen LogP contribution in [0.2, 0.25) is 0 Å². The van der Waals surface area contributed by atoms with Gasteiger partial charge in [0.25, 0.3) is 0 Å². The number of rotatable bonds is 7. The normalized spacial score (nSPS) is 12.8. The first kappa shape index (κ1) is 13.2. The summed E-state index contributed by atoms with van der Waals surface area (Å²) >= 11 is 1.72. The molecule has 1 unspecified atom stereocenters. The van der Waals surface area contributed by atoms with Crippen molar-refractivity contribution in [1.29, 1.82) is 0 Å². The lowest BCUT2D eigenvalue weighted by Crippen LogP contribution is -2.22. The molecule has 2 rings (SSSR count). The van der Waals surface area contributed by atoms with Crippen LogP contribution in [0.15, 0.2) is 24.1 Å². The van der Waals surface area contributed by atoms with Crippen LogP contribution in [-0.2, 0) is 13.5 Å². The van der Waals surface area contributed by atoms with Crippen molar-refractivity contribution in [3.05, 3.63) is 34.8 Å². The molecule has 0 spiro atoms. The fraction of sp³-hybridized carbons (Fsp3) is 0.538. The number of aromatic nitrogens is 3. The van der Waals surface area contributed by atoms with Crippen LogP contribution in [0.3, 0.4) is 0 Å². The maximum Gasteiger partial charge on any atom is 0.108 e. The molecule has 0 saturated heterocycles. The second kappa shape index (κ2) is 6.66. The number of imidazole rings is 1. The Labute approximate surface area is 112 Å². The van der Waals surface area contributed by atoms with Crippen LogP contribution in [0.25, 0.3) is 0 Å². The maximum atomic E-state index is 4.37. The third-order valence-electron chi connectivity index (χ3n) is 3.01. The molecule has 5 heteroatoms. The molecule has 0 aliphatic rings. The van der Waals surface area contributed by atoms with Crippen LogP contribution >= 0.6 is 11.3 Å². The number of nitrogens with zero attached hydrogens (tertiary/aromatic N) is 3.